The van der Waals surface area contributed by atoms with Crippen LogP contribution in [0.25, 0.3) is 16.0 Å². The normalized spacial score (nSPS) is 11.4. The number of aryl methyl sites for hydroxylation is 1. The van der Waals surface area contributed by atoms with Gasteiger partial charge in [0.05, 0.1) is 19.2 Å². The van der Waals surface area contributed by atoms with Gasteiger partial charge in [-0.3, -0.25) is 13.8 Å². The van der Waals surface area contributed by atoms with Gasteiger partial charge >= 0.3 is 0 Å². The summed E-state index contributed by atoms with van der Waals surface area (Å²) in [7, 11) is 1.67. The molecule has 5 aromatic rings. The second-order valence-electron chi connectivity index (χ2n) is 7.45. The van der Waals surface area contributed by atoms with Crippen LogP contribution in [0.5, 0.6) is 5.75 Å². The molecule has 0 aliphatic heterocycles. The monoisotopic (exact) mass is 462 g/mol. The van der Waals surface area contributed by atoms with Crippen molar-refractivity contribution in [2.24, 2.45) is 0 Å². The van der Waals surface area contributed by atoms with Crippen LogP contribution in [-0.4, -0.2) is 26.3 Å². The third-order valence-corrected chi connectivity index (χ3v) is 7.35. The van der Waals surface area contributed by atoms with Gasteiger partial charge in [0.25, 0.3) is 5.56 Å². The van der Waals surface area contributed by atoms with E-state index in [0.717, 1.165) is 39.7 Å². The smallest absolute Gasteiger partial charge is 0.273 e. The number of ether oxygens (including phenoxy) is 1. The summed E-state index contributed by atoms with van der Waals surface area (Å²) in [5.41, 5.74) is 4.30. The van der Waals surface area contributed by atoms with Crippen LogP contribution in [0.1, 0.15) is 23.6 Å². The summed E-state index contributed by atoms with van der Waals surface area (Å²) in [5.74, 6) is 2.12. The topological polar surface area (TPSA) is 61.4 Å². The van der Waals surface area contributed by atoms with E-state index in [2.05, 4.69) is 47.5 Å². The van der Waals surface area contributed by atoms with Gasteiger partial charge in [-0.2, -0.15) is 0 Å². The van der Waals surface area contributed by atoms with Crippen LogP contribution in [-0.2, 0) is 18.7 Å². The number of rotatable bonds is 7. The third-order valence-electron chi connectivity index (χ3n) is 5.46. The van der Waals surface area contributed by atoms with Gasteiger partial charge in [-0.25, -0.2) is 0 Å². The van der Waals surface area contributed by atoms with Crippen molar-refractivity contribution in [1.82, 2.24) is 19.2 Å². The molecule has 8 heteroatoms. The maximum Gasteiger partial charge on any atom is 0.273 e. The average molecular weight is 463 g/mol. The largest absolute Gasteiger partial charge is 0.497 e. The van der Waals surface area contributed by atoms with Crippen molar-refractivity contribution in [3.8, 4) is 5.75 Å². The van der Waals surface area contributed by atoms with Crippen molar-refractivity contribution in [1.29, 1.82) is 0 Å². The minimum absolute atomic E-state index is 0.0289. The van der Waals surface area contributed by atoms with Crippen molar-refractivity contribution in [2.75, 3.05) is 7.11 Å². The molecule has 3 heterocycles. The number of nitrogens with zero attached hydrogens (tertiary/aromatic N) is 4. The van der Waals surface area contributed by atoms with E-state index in [1.54, 1.807) is 23.4 Å². The number of thioether (sulfide) groups is 1. The Morgan fingerprint density at radius 3 is 2.62 bits per heavy atom. The van der Waals surface area contributed by atoms with Crippen LogP contribution in [0, 0.1) is 0 Å². The zero-order valence-corrected chi connectivity index (χ0v) is 19.4. The summed E-state index contributed by atoms with van der Waals surface area (Å²) in [4.78, 5) is 13.3. The molecule has 0 aliphatic carbocycles. The van der Waals surface area contributed by atoms with Crippen LogP contribution in [0.2, 0.25) is 0 Å². The Morgan fingerprint density at radius 2 is 1.84 bits per heavy atom. The first-order valence-corrected chi connectivity index (χ1v) is 12.2. The summed E-state index contributed by atoms with van der Waals surface area (Å²) < 4.78 is 9.77. The molecule has 0 amide bonds. The molecule has 6 nitrogen and oxygen atoms in total. The lowest BCUT2D eigenvalue weighted by molar-refractivity contribution is 0.414. The molecule has 0 atom stereocenters. The molecule has 2 aromatic carbocycles. The maximum absolute atomic E-state index is 13.3. The third kappa shape index (κ3) is 3.80. The SMILES string of the molecule is CCc1ccc(Cn2c(=O)c3sccc3n3c(SCc4cccc(OC)c4)nnc23)cc1. The summed E-state index contributed by atoms with van der Waals surface area (Å²) in [6, 6.07) is 18.3. The second-order valence-corrected chi connectivity index (χ2v) is 9.31. The standard InChI is InChI=1S/C24H22N4O2S2/c1-3-16-7-9-17(10-8-16)14-27-22(29)21-20(11-12-31-21)28-23(27)25-26-24(28)32-15-18-5-4-6-19(13-18)30-2/h4-13H,3,14-15H2,1-2H3. The fraction of sp³-hybridized carbons (Fsp3) is 0.208. The van der Waals surface area contributed by atoms with Crippen molar-refractivity contribution in [3.63, 3.8) is 0 Å². The highest BCUT2D eigenvalue weighted by Crippen LogP contribution is 2.27. The first kappa shape index (κ1) is 20.8. The maximum atomic E-state index is 13.3. The Labute approximate surface area is 193 Å². The van der Waals surface area contributed by atoms with E-state index in [1.165, 1.54) is 16.9 Å². The molecule has 0 fully saturated rings. The molecule has 0 bridgehead atoms. The Balaban J connectivity index is 1.55. The highest BCUT2D eigenvalue weighted by atomic mass is 32.2. The predicted octanol–water partition coefficient (Wildman–Crippen LogP) is 5.02. The van der Waals surface area contributed by atoms with E-state index in [4.69, 9.17) is 4.74 Å². The second kappa shape index (κ2) is 8.80. The first-order valence-electron chi connectivity index (χ1n) is 10.4. The van der Waals surface area contributed by atoms with E-state index < -0.39 is 0 Å². The summed E-state index contributed by atoms with van der Waals surface area (Å²) in [6.07, 6.45) is 0.990. The number of aromatic nitrogens is 4. The molecule has 0 N–H and O–H groups in total. The van der Waals surface area contributed by atoms with Gasteiger partial charge in [-0.15, -0.1) is 21.5 Å². The first-order chi connectivity index (χ1) is 15.7. The Kier molecular flexibility index (Phi) is 5.71. The van der Waals surface area contributed by atoms with Crippen LogP contribution in [0.3, 0.4) is 0 Å². The minimum Gasteiger partial charge on any atom is -0.497 e. The molecule has 0 saturated heterocycles. The van der Waals surface area contributed by atoms with E-state index in [-0.39, 0.29) is 5.56 Å². The minimum atomic E-state index is -0.0289. The zero-order valence-electron chi connectivity index (χ0n) is 17.8. The molecular formula is C24H22N4O2S2. The number of fused-ring (bicyclic) bond motifs is 3. The molecule has 5 rings (SSSR count). The van der Waals surface area contributed by atoms with Crippen molar-refractivity contribution in [3.05, 3.63) is 87.0 Å². The zero-order chi connectivity index (χ0) is 22.1. The van der Waals surface area contributed by atoms with Gasteiger partial charge in [0.2, 0.25) is 5.78 Å². The number of hydrogen-bond donors (Lipinski definition) is 0. The van der Waals surface area contributed by atoms with Gasteiger partial charge < -0.3 is 4.74 Å². The van der Waals surface area contributed by atoms with E-state index in [0.29, 0.717) is 17.0 Å². The fourth-order valence-electron chi connectivity index (χ4n) is 3.71. The Morgan fingerprint density at radius 1 is 1.03 bits per heavy atom. The Bertz CT molecular complexity index is 1450. The molecule has 162 valence electrons. The van der Waals surface area contributed by atoms with Crippen molar-refractivity contribution in [2.45, 2.75) is 30.8 Å². The highest BCUT2D eigenvalue weighted by molar-refractivity contribution is 7.98. The molecule has 0 aliphatic rings. The number of benzene rings is 2. The van der Waals surface area contributed by atoms with Gasteiger partial charge in [0, 0.05) is 5.75 Å². The highest BCUT2D eigenvalue weighted by Gasteiger charge is 2.18. The van der Waals surface area contributed by atoms with Crippen LogP contribution in [0.4, 0.5) is 0 Å². The van der Waals surface area contributed by atoms with Crippen molar-refractivity contribution < 1.29 is 4.74 Å². The molecular weight excluding hydrogens is 440 g/mol. The molecule has 0 unspecified atom stereocenters. The lowest BCUT2D eigenvalue weighted by Gasteiger charge is -2.10. The molecule has 32 heavy (non-hydrogen) atoms. The van der Waals surface area contributed by atoms with Gasteiger partial charge in [0.15, 0.2) is 5.16 Å². The van der Waals surface area contributed by atoms with Gasteiger partial charge in [-0.1, -0.05) is 55.1 Å². The van der Waals surface area contributed by atoms with E-state index in [9.17, 15) is 4.79 Å². The quantitative estimate of drug-likeness (QED) is 0.318. The van der Waals surface area contributed by atoms with Gasteiger partial charge in [0.1, 0.15) is 10.4 Å². The van der Waals surface area contributed by atoms with E-state index in [1.807, 2.05) is 34.0 Å². The molecule has 0 spiro atoms. The number of hydrogen-bond acceptors (Lipinski definition) is 6. The lowest BCUT2D eigenvalue weighted by atomic mass is 10.1. The fourth-order valence-corrected chi connectivity index (χ4v) is 5.42. The molecule has 0 radical (unpaired) electrons. The van der Waals surface area contributed by atoms with E-state index >= 15 is 0 Å². The number of methoxy groups -OCH3 is 1. The van der Waals surface area contributed by atoms with Gasteiger partial charge in [-0.05, 0) is 46.7 Å². The summed E-state index contributed by atoms with van der Waals surface area (Å²) in [6.45, 7) is 2.59. The molecule has 3 aromatic heterocycles. The predicted molar refractivity (Wildman–Crippen MR) is 130 cm³/mol. The lowest BCUT2D eigenvalue weighted by Crippen LogP contribution is -2.23. The summed E-state index contributed by atoms with van der Waals surface area (Å²) in [5, 5.41) is 11.6. The van der Waals surface area contributed by atoms with Crippen molar-refractivity contribution >= 4 is 39.1 Å². The van der Waals surface area contributed by atoms with Crippen LogP contribution in [0.15, 0.2) is 69.9 Å². The summed E-state index contributed by atoms with van der Waals surface area (Å²) >= 11 is 3.05. The molecule has 0 saturated carbocycles. The van der Waals surface area contributed by atoms with Crippen LogP contribution < -0.4 is 10.3 Å². The Hall–Kier alpha value is -3.10. The van der Waals surface area contributed by atoms with Crippen LogP contribution >= 0.6 is 23.1 Å². The number of thiophene rings is 1. The average Bonchev–Trinajstić information content (AvgIpc) is 3.48.